The minimum absolute atomic E-state index is 0.0656. The SMILES string of the molecule is Cc1ccc(CC(NN)c2cccc(Cl)c2C)cc1C. The largest absolute Gasteiger partial charge is 0.271 e. The molecule has 2 aromatic rings. The van der Waals surface area contributed by atoms with Crippen molar-refractivity contribution in [1.29, 1.82) is 0 Å². The van der Waals surface area contributed by atoms with E-state index in [2.05, 4.69) is 43.5 Å². The van der Waals surface area contributed by atoms with Crippen molar-refractivity contribution in [2.45, 2.75) is 33.2 Å². The molecule has 0 bridgehead atoms. The summed E-state index contributed by atoms with van der Waals surface area (Å²) in [6.07, 6.45) is 0.846. The van der Waals surface area contributed by atoms with Crippen LogP contribution in [0.4, 0.5) is 0 Å². The number of hydrazine groups is 1. The highest BCUT2D eigenvalue weighted by Gasteiger charge is 2.14. The van der Waals surface area contributed by atoms with Crippen molar-refractivity contribution < 1.29 is 0 Å². The predicted octanol–water partition coefficient (Wildman–Crippen LogP) is 4.01. The maximum absolute atomic E-state index is 6.20. The van der Waals surface area contributed by atoms with Crippen LogP contribution in [-0.2, 0) is 6.42 Å². The number of benzene rings is 2. The fourth-order valence-electron chi connectivity index (χ4n) is 2.43. The first kappa shape index (κ1) is 15.0. The van der Waals surface area contributed by atoms with E-state index >= 15 is 0 Å². The van der Waals surface area contributed by atoms with Gasteiger partial charge in [-0.05, 0) is 61.1 Å². The first-order chi connectivity index (χ1) is 9.52. The average Bonchev–Trinajstić information content (AvgIpc) is 2.43. The van der Waals surface area contributed by atoms with E-state index in [1.165, 1.54) is 16.7 Å². The van der Waals surface area contributed by atoms with Gasteiger partial charge in [0.15, 0.2) is 0 Å². The van der Waals surface area contributed by atoms with E-state index in [0.29, 0.717) is 0 Å². The number of aryl methyl sites for hydroxylation is 2. The van der Waals surface area contributed by atoms with Gasteiger partial charge < -0.3 is 0 Å². The molecule has 0 amide bonds. The summed E-state index contributed by atoms with van der Waals surface area (Å²) in [5, 5.41) is 0.780. The molecule has 0 aliphatic rings. The molecular weight excluding hydrogens is 268 g/mol. The van der Waals surface area contributed by atoms with Gasteiger partial charge in [0, 0.05) is 5.02 Å². The summed E-state index contributed by atoms with van der Waals surface area (Å²) < 4.78 is 0. The van der Waals surface area contributed by atoms with E-state index in [0.717, 1.165) is 22.6 Å². The maximum Gasteiger partial charge on any atom is 0.0503 e. The Morgan fingerprint density at radius 1 is 1.10 bits per heavy atom. The molecule has 20 heavy (non-hydrogen) atoms. The molecule has 1 unspecified atom stereocenters. The molecular formula is C17H21ClN2. The van der Waals surface area contributed by atoms with Crippen molar-refractivity contribution >= 4 is 11.6 Å². The minimum atomic E-state index is 0.0656. The summed E-state index contributed by atoms with van der Waals surface area (Å²) in [7, 11) is 0. The Balaban J connectivity index is 2.28. The summed E-state index contributed by atoms with van der Waals surface area (Å²) in [4.78, 5) is 0. The summed E-state index contributed by atoms with van der Waals surface area (Å²) >= 11 is 6.20. The van der Waals surface area contributed by atoms with Crippen molar-refractivity contribution in [2.24, 2.45) is 5.84 Å². The van der Waals surface area contributed by atoms with Gasteiger partial charge in [-0.1, -0.05) is 41.9 Å². The topological polar surface area (TPSA) is 38.0 Å². The highest BCUT2D eigenvalue weighted by atomic mass is 35.5. The molecule has 106 valence electrons. The zero-order chi connectivity index (χ0) is 14.7. The third-order valence-corrected chi connectivity index (χ3v) is 4.31. The number of halogens is 1. The van der Waals surface area contributed by atoms with Crippen LogP contribution in [0.25, 0.3) is 0 Å². The Bertz CT molecular complexity index is 608. The van der Waals surface area contributed by atoms with E-state index in [1.54, 1.807) is 0 Å². The van der Waals surface area contributed by atoms with E-state index in [4.69, 9.17) is 17.4 Å². The summed E-state index contributed by atoms with van der Waals surface area (Å²) in [6.45, 7) is 6.29. The Kier molecular flexibility index (Phi) is 4.81. The lowest BCUT2D eigenvalue weighted by atomic mass is 9.94. The third kappa shape index (κ3) is 3.21. The molecule has 3 heteroatoms. The second-order valence-corrected chi connectivity index (χ2v) is 5.70. The summed E-state index contributed by atoms with van der Waals surface area (Å²) in [6, 6.07) is 12.6. The molecule has 2 aromatic carbocycles. The monoisotopic (exact) mass is 288 g/mol. The molecule has 0 spiro atoms. The molecule has 0 saturated carbocycles. The Labute approximate surface area is 125 Å². The summed E-state index contributed by atoms with van der Waals surface area (Å²) in [5.41, 5.74) is 9.04. The van der Waals surface area contributed by atoms with Crippen molar-refractivity contribution in [3.63, 3.8) is 0 Å². The van der Waals surface area contributed by atoms with Gasteiger partial charge in [-0.3, -0.25) is 11.3 Å². The van der Waals surface area contributed by atoms with Gasteiger partial charge in [0.25, 0.3) is 0 Å². The lowest BCUT2D eigenvalue weighted by Crippen LogP contribution is -2.30. The molecule has 0 aliphatic carbocycles. The van der Waals surface area contributed by atoms with Crippen LogP contribution >= 0.6 is 11.6 Å². The van der Waals surface area contributed by atoms with Crippen LogP contribution in [0.5, 0.6) is 0 Å². The summed E-state index contributed by atoms with van der Waals surface area (Å²) in [5.74, 6) is 5.75. The van der Waals surface area contributed by atoms with Gasteiger partial charge in [0.2, 0.25) is 0 Å². The number of hydrogen-bond acceptors (Lipinski definition) is 2. The van der Waals surface area contributed by atoms with Crippen LogP contribution in [0.2, 0.25) is 5.02 Å². The van der Waals surface area contributed by atoms with Gasteiger partial charge in [0.05, 0.1) is 6.04 Å². The standard InChI is InChI=1S/C17H21ClN2/c1-11-7-8-14(9-12(11)2)10-17(20-19)15-5-4-6-16(18)13(15)3/h4-9,17,20H,10,19H2,1-3H3. The molecule has 0 aromatic heterocycles. The molecule has 0 aliphatic heterocycles. The fourth-order valence-corrected chi connectivity index (χ4v) is 2.61. The fraction of sp³-hybridized carbons (Fsp3) is 0.294. The second kappa shape index (κ2) is 6.40. The smallest absolute Gasteiger partial charge is 0.0503 e. The molecule has 0 heterocycles. The lowest BCUT2D eigenvalue weighted by molar-refractivity contribution is 0.549. The van der Waals surface area contributed by atoms with Gasteiger partial charge in [0.1, 0.15) is 0 Å². The van der Waals surface area contributed by atoms with E-state index in [-0.39, 0.29) is 6.04 Å². The minimum Gasteiger partial charge on any atom is -0.271 e. The third-order valence-electron chi connectivity index (χ3n) is 3.90. The first-order valence-electron chi connectivity index (χ1n) is 6.80. The maximum atomic E-state index is 6.20. The van der Waals surface area contributed by atoms with E-state index in [1.807, 2.05) is 19.1 Å². The number of rotatable bonds is 4. The highest BCUT2D eigenvalue weighted by molar-refractivity contribution is 6.31. The molecule has 2 rings (SSSR count). The lowest BCUT2D eigenvalue weighted by Gasteiger charge is -2.20. The van der Waals surface area contributed by atoms with Crippen LogP contribution in [0.1, 0.15) is 33.9 Å². The second-order valence-electron chi connectivity index (χ2n) is 5.30. The first-order valence-corrected chi connectivity index (χ1v) is 7.18. The average molecular weight is 289 g/mol. The number of nitrogens with one attached hydrogen (secondary N) is 1. The predicted molar refractivity (Wildman–Crippen MR) is 85.9 cm³/mol. The van der Waals surface area contributed by atoms with E-state index in [9.17, 15) is 0 Å². The van der Waals surface area contributed by atoms with Crippen LogP contribution in [0.15, 0.2) is 36.4 Å². The zero-order valence-electron chi connectivity index (χ0n) is 12.2. The normalized spacial score (nSPS) is 12.4. The van der Waals surface area contributed by atoms with Crippen LogP contribution < -0.4 is 11.3 Å². The molecule has 0 saturated heterocycles. The van der Waals surface area contributed by atoms with E-state index < -0.39 is 0 Å². The molecule has 0 radical (unpaired) electrons. The molecule has 1 atom stereocenters. The quantitative estimate of drug-likeness (QED) is 0.659. The van der Waals surface area contributed by atoms with Crippen LogP contribution in [0, 0.1) is 20.8 Å². The molecule has 3 N–H and O–H groups in total. The Morgan fingerprint density at radius 3 is 2.50 bits per heavy atom. The van der Waals surface area contributed by atoms with Crippen molar-refractivity contribution in [3.8, 4) is 0 Å². The molecule has 0 fully saturated rings. The zero-order valence-corrected chi connectivity index (χ0v) is 13.0. The van der Waals surface area contributed by atoms with Crippen LogP contribution in [0.3, 0.4) is 0 Å². The molecule has 2 nitrogen and oxygen atoms in total. The van der Waals surface area contributed by atoms with Gasteiger partial charge in [-0.15, -0.1) is 0 Å². The Hall–Kier alpha value is -1.35. The van der Waals surface area contributed by atoms with Gasteiger partial charge >= 0.3 is 0 Å². The number of hydrogen-bond donors (Lipinski definition) is 2. The number of nitrogens with two attached hydrogens (primary N) is 1. The van der Waals surface area contributed by atoms with Crippen LogP contribution in [-0.4, -0.2) is 0 Å². The van der Waals surface area contributed by atoms with Gasteiger partial charge in [-0.25, -0.2) is 0 Å². The van der Waals surface area contributed by atoms with Crippen molar-refractivity contribution in [3.05, 3.63) is 69.2 Å². The highest BCUT2D eigenvalue weighted by Crippen LogP contribution is 2.26. The Morgan fingerprint density at radius 2 is 1.85 bits per heavy atom. The van der Waals surface area contributed by atoms with Crippen molar-refractivity contribution in [1.82, 2.24) is 5.43 Å². The van der Waals surface area contributed by atoms with Crippen molar-refractivity contribution in [2.75, 3.05) is 0 Å². The van der Waals surface area contributed by atoms with Gasteiger partial charge in [-0.2, -0.15) is 0 Å².